The van der Waals surface area contributed by atoms with Crippen molar-refractivity contribution in [3.63, 3.8) is 0 Å². The fourth-order valence-electron chi connectivity index (χ4n) is 3.58. The van der Waals surface area contributed by atoms with E-state index in [1.165, 1.54) is 0 Å². The van der Waals surface area contributed by atoms with Crippen LogP contribution >= 0.6 is 0 Å². The third-order valence-electron chi connectivity index (χ3n) is 4.06. The Morgan fingerprint density at radius 3 is 2.86 bits per heavy atom. The monoisotopic (exact) mass is 196 g/mol. The molecule has 2 amide bonds. The van der Waals surface area contributed by atoms with Crippen LogP contribution in [0.2, 0.25) is 0 Å². The standard InChI is InChI=1S/C9H12N2O3/c10-8(13)4-3-1-2-5(4)9(14)11-6(2)7(3)12/h2-7,12H,1H2,(H2,10,13)(H,11,14)/t2-,3+,4+,5-,6+,7-/m0/s1. The summed E-state index contributed by atoms with van der Waals surface area (Å²) < 4.78 is 0. The van der Waals surface area contributed by atoms with Gasteiger partial charge in [-0.15, -0.1) is 0 Å². The van der Waals surface area contributed by atoms with E-state index in [2.05, 4.69) is 5.32 Å². The summed E-state index contributed by atoms with van der Waals surface area (Å²) in [6, 6.07) is -0.131. The highest BCUT2D eigenvalue weighted by atomic mass is 16.3. The third-order valence-corrected chi connectivity index (χ3v) is 4.06. The van der Waals surface area contributed by atoms with Gasteiger partial charge in [-0.2, -0.15) is 0 Å². The van der Waals surface area contributed by atoms with E-state index in [1.54, 1.807) is 0 Å². The first-order valence-corrected chi connectivity index (χ1v) is 4.89. The number of aliphatic hydroxyl groups excluding tert-OH is 1. The molecule has 0 aromatic carbocycles. The predicted octanol–water partition coefficient (Wildman–Crippen LogP) is -1.79. The average molecular weight is 196 g/mol. The van der Waals surface area contributed by atoms with E-state index in [0.717, 1.165) is 6.42 Å². The maximum absolute atomic E-state index is 11.5. The number of fused-ring (bicyclic) bond motifs is 1. The molecule has 3 fully saturated rings. The lowest BCUT2D eigenvalue weighted by Gasteiger charge is -2.27. The van der Waals surface area contributed by atoms with E-state index in [1.807, 2.05) is 0 Å². The molecule has 5 heteroatoms. The zero-order chi connectivity index (χ0) is 10.0. The van der Waals surface area contributed by atoms with Gasteiger partial charge in [0.25, 0.3) is 0 Å². The second kappa shape index (κ2) is 2.28. The average Bonchev–Trinajstić information content (AvgIpc) is 2.67. The van der Waals surface area contributed by atoms with Gasteiger partial charge in [0.15, 0.2) is 0 Å². The van der Waals surface area contributed by atoms with Crippen LogP contribution in [0, 0.1) is 23.7 Å². The summed E-state index contributed by atoms with van der Waals surface area (Å²) in [4.78, 5) is 22.7. The Hall–Kier alpha value is -1.10. The van der Waals surface area contributed by atoms with Crippen LogP contribution in [0.25, 0.3) is 0 Å². The van der Waals surface area contributed by atoms with Crippen molar-refractivity contribution in [2.24, 2.45) is 29.4 Å². The minimum atomic E-state index is -0.583. The van der Waals surface area contributed by atoms with Gasteiger partial charge in [0.1, 0.15) is 0 Å². The molecule has 76 valence electrons. The Bertz CT molecular complexity index is 330. The number of primary amides is 1. The van der Waals surface area contributed by atoms with Gasteiger partial charge >= 0.3 is 0 Å². The fourth-order valence-corrected chi connectivity index (χ4v) is 3.58. The number of rotatable bonds is 1. The van der Waals surface area contributed by atoms with Crippen LogP contribution in [-0.4, -0.2) is 29.1 Å². The molecule has 0 aromatic rings. The highest BCUT2D eigenvalue weighted by Crippen LogP contribution is 2.55. The Labute approximate surface area is 80.6 Å². The van der Waals surface area contributed by atoms with Crippen LogP contribution < -0.4 is 11.1 Å². The Morgan fingerprint density at radius 2 is 2.21 bits per heavy atom. The molecule has 6 atom stereocenters. The number of amides is 2. The van der Waals surface area contributed by atoms with Gasteiger partial charge in [0.2, 0.25) is 11.8 Å². The first-order chi connectivity index (χ1) is 6.61. The molecule has 5 nitrogen and oxygen atoms in total. The van der Waals surface area contributed by atoms with Gasteiger partial charge in [-0.3, -0.25) is 9.59 Å². The third kappa shape index (κ3) is 0.706. The van der Waals surface area contributed by atoms with Gasteiger partial charge in [0, 0.05) is 0 Å². The van der Waals surface area contributed by atoms with Gasteiger partial charge in [-0.05, 0) is 18.3 Å². The Morgan fingerprint density at radius 1 is 1.50 bits per heavy atom. The molecule has 1 saturated heterocycles. The fraction of sp³-hybridized carbons (Fsp3) is 0.778. The van der Waals surface area contributed by atoms with E-state index in [9.17, 15) is 14.7 Å². The van der Waals surface area contributed by atoms with Crippen molar-refractivity contribution in [3.8, 4) is 0 Å². The summed E-state index contributed by atoms with van der Waals surface area (Å²) in [6.07, 6.45) is 0.170. The van der Waals surface area contributed by atoms with Crippen LogP contribution in [0.1, 0.15) is 6.42 Å². The zero-order valence-electron chi connectivity index (χ0n) is 7.51. The minimum Gasteiger partial charge on any atom is -0.391 e. The van der Waals surface area contributed by atoms with Gasteiger partial charge in [-0.1, -0.05) is 0 Å². The first kappa shape index (κ1) is 8.23. The molecule has 0 unspecified atom stereocenters. The van der Waals surface area contributed by atoms with Crippen LogP contribution in [0.3, 0.4) is 0 Å². The molecule has 3 aliphatic rings. The van der Waals surface area contributed by atoms with E-state index in [0.29, 0.717) is 0 Å². The Kier molecular flexibility index (Phi) is 1.34. The lowest BCUT2D eigenvalue weighted by atomic mass is 9.78. The molecule has 1 heterocycles. The number of hydrogen-bond donors (Lipinski definition) is 3. The maximum atomic E-state index is 11.5. The second-order valence-corrected chi connectivity index (χ2v) is 4.54. The molecule has 3 rings (SSSR count). The largest absolute Gasteiger partial charge is 0.391 e. The first-order valence-electron chi connectivity index (χ1n) is 4.89. The zero-order valence-corrected chi connectivity index (χ0v) is 7.51. The number of hydrogen-bond acceptors (Lipinski definition) is 3. The minimum absolute atomic E-state index is 0.105. The number of nitrogens with one attached hydrogen (secondary N) is 1. The molecule has 2 aliphatic carbocycles. The molecule has 0 aromatic heterocycles. The molecule has 0 radical (unpaired) electrons. The molecule has 2 bridgehead atoms. The van der Waals surface area contributed by atoms with Gasteiger partial charge in [-0.25, -0.2) is 0 Å². The van der Waals surface area contributed by atoms with Crippen molar-refractivity contribution in [2.75, 3.05) is 0 Å². The van der Waals surface area contributed by atoms with E-state index >= 15 is 0 Å². The predicted molar refractivity (Wildman–Crippen MR) is 45.7 cm³/mol. The van der Waals surface area contributed by atoms with E-state index < -0.39 is 17.9 Å². The molecular weight excluding hydrogens is 184 g/mol. The van der Waals surface area contributed by atoms with Crippen molar-refractivity contribution in [2.45, 2.75) is 18.6 Å². The molecule has 0 spiro atoms. The number of carbonyl (C=O) groups is 2. The maximum Gasteiger partial charge on any atom is 0.224 e. The number of carbonyl (C=O) groups excluding carboxylic acids is 2. The summed E-state index contributed by atoms with van der Waals surface area (Å²) >= 11 is 0. The molecular formula is C9H12N2O3. The Balaban J connectivity index is 2.04. The second-order valence-electron chi connectivity index (χ2n) is 4.54. The van der Waals surface area contributed by atoms with Crippen molar-refractivity contribution < 1.29 is 14.7 Å². The smallest absolute Gasteiger partial charge is 0.224 e. The molecule has 2 saturated carbocycles. The molecule has 14 heavy (non-hydrogen) atoms. The topological polar surface area (TPSA) is 92.4 Å². The molecule has 1 aliphatic heterocycles. The summed E-state index contributed by atoms with van der Waals surface area (Å²) in [5.41, 5.74) is 5.26. The van der Waals surface area contributed by atoms with E-state index in [4.69, 9.17) is 5.73 Å². The van der Waals surface area contributed by atoms with Crippen LogP contribution in [0.4, 0.5) is 0 Å². The summed E-state index contributed by atoms with van der Waals surface area (Å²) in [6.45, 7) is 0. The highest BCUT2D eigenvalue weighted by Gasteiger charge is 2.65. The van der Waals surface area contributed by atoms with Crippen LogP contribution in [0.5, 0.6) is 0 Å². The summed E-state index contributed by atoms with van der Waals surface area (Å²) in [7, 11) is 0. The van der Waals surface area contributed by atoms with Crippen molar-refractivity contribution in [3.05, 3.63) is 0 Å². The normalized spacial score (nSPS) is 53.6. The van der Waals surface area contributed by atoms with Crippen molar-refractivity contribution in [1.82, 2.24) is 5.32 Å². The lowest BCUT2D eigenvalue weighted by molar-refractivity contribution is -0.132. The van der Waals surface area contributed by atoms with Crippen LogP contribution in [0.15, 0.2) is 0 Å². The number of aliphatic hydroxyl groups is 1. The van der Waals surface area contributed by atoms with Crippen LogP contribution in [-0.2, 0) is 9.59 Å². The summed E-state index contributed by atoms with van der Waals surface area (Å²) in [5.74, 6) is -1.26. The molecule has 4 N–H and O–H groups in total. The SMILES string of the molecule is NC(=O)[C@@H]1[C@H]2C[C@@H]3[C@@H](NC(=O)[C@@H]31)[C@H]2O. The number of nitrogens with two attached hydrogens (primary N) is 1. The highest BCUT2D eigenvalue weighted by molar-refractivity contribution is 5.91. The van der Waals surface area contributed by atoms with Crippen molar-refractivity contribution >= 4 is 11.8 Å². The summed E-state index contributed by atoms with van der Waals surface area (Å²) in [5, 5.41) is 12.6. The quantitative estimate of drug-likeness (QED) is 0.462. The van der Waals surface area contributed by atoms with Crippen molar-refractivity contribution in [1.29, 1.82) is 0 Å². The van der Waals surface area contributed by atoms with Gasteiger partial charge < -0.3 is 16.2 Å². The van der Waals surface area contributed by atoms with Gasteiger partial charge in [0.05, 0.1) is 24.0 Å². The van der Waals surface area contributed by atoms with E-state index in [-0.39, 0.29) is 29.7 Å². The lowest BCUT2D eigenvalue weighted by Crippen LogP contribution is -2.44.